The van der Waals surface area contributed by atoms with Gasteiger partial charge in [-0.2, -0.15) is 0 Å². The molecule has 13 heteroatoms. The molecular formula is C29H36Cl2N6O4S. The number of nitrogens with zero attached hydrogens (tertiary/aromatic N) is 4. The number of halogens is 2. The van der Waals surface area contributed by atoms with Crippen molar-refractivity contribution in [3.05, 3.63) is 76.8 Å². The molecule has 2 N–H and O–H groups in total. The second-order valence-electron chi connectivity index (χ2n) is 10.1. The van der Waals surface area contributed by atoms with E-state index in [0.29, 0.717) is 41.9 Å². The van der Waals surface area contributed by atoms with Gasteiger partial charge in [0.1, 0.15) is 18.5 Å². The lowest BCUT2D eigenvalue weighted by molar-refractivity contribution is -0.189. The van der Waals surface area contributed by atoms with Gasteiger partial charge in [-0.1, -0.05) is 36.2 Å². The Morgan fingerprint density at radius 1 is 1.17 bits per heavy atom. The maximum Gasteiger partial charge on any atom is 0.324 e. The Kier molecular flexibility index (Phi) is 10.8. The van der Waals surface area contributed by atoms with Crippen LogP contribution in [0.1, 0.15) is 12.5 Å². The van der Waals surface area contributed by atoms with Crippen molar-refractivity contribution >= 4 is 46.9 Å². The Labute approximate surface area is 260 Å². The molecule has 42 heavy (non-hydrogen) atoms. The van der Waals surface area contributed by atoms with Gasteiger partial charge in [0, 0.05) is 73.7 Å². The van der Waals surface area contributed by atoms with Crippen molar-refractivity contribution in [2.24, 2.45) is 0 Å². The van der Waals surface area contributed by atoms with Gasteiger partial charge in [-0.15, -0.1) is 0 Å². The van der Waals surface area contributed by atoms with Crippen LogP contribution >= 0.6 is 35.1 Å². The van der Waals surface area contributed by atoms with Crippen molar-refractivity contribution in [1.82, 2.24) is 24.5 Å². The molecule has 0 aliphatic carbocycles. The molecule has 2 fully saturated rings. The highest BCUT2D eigenvalue weighted by Gasteiger charge is 2.45. The first kappa shape index (κ1) is 30.8. The van der Waals surface area contributed by atoms with E-state index in [2.05, 4.69) is 37.0 Å². The minimum absolute atomic E-state index is 0.130. The number of amides is 2. The number of hydrogen-bond donors (Lipinski definition) is 2. The van der Waals surface area contributed by atoms with E-state index in [0.717, 1.165) is 49.9 Å². The highest BCUT2D eigenvalue weighted by Crippen LogP contribution is 2.40. The predicted octanol–water partition coefficient (Wildman–Crippen LogP) is 4.63. The molecular weight excluding hydrogens is 599 g/mol. The van der Waals surface area contributed by atoms with Crippen LogP contribution in [-0.4, -0.2) is 84.8 Å². The molecule has 2 aliphatic rings. The quantitative estimate of drug-likeness (QED) is 0.279. The van der Waals surface area contributed by atoms with Gasteiger partial charge in [0.05, 0.1) is 24.5 Å². The van der Waals surface area contributed by atoms with Gasteiger partial charge in [-0.25, -0.2) is 9.78 Å². The highest BCUT2D eigenvalue weighted by molar-refractivity contribution is 7.97. The zero-order valence-electron chi connectivity index (χ0n) is 23.5. The summed E-state index contributed by atoms with van der Waals surface area (Å²) in [5.41, 5.74) is 1.87. The van der Waals surface area contributed by atoms with Gasteiger partial charge in [0.15, 0.2) is 0 Å². The van der Waals surface area contributed by atoms with Crippen molar-refractivity contribution in [1.29, 1.82) is 0 Å². The Morgan fingerprint density at radius 3 is 2.69 bits per heavy atom. The number of rotatable bonds is 12. The monoisotopic (exact) mass is 634 g/mol. The molecule has 0 bridgehead atoms. The molecule has 3 aromatic rings. The van der Waals surface area contributed by atoms with E-state index in [1.165, 1.54) is 11.9 Å². The largest absolute Gasteiger partial charge is 0.491 e. The van der Waals surface area contributed by atoms with Crippen molar-refractivity contribution in [2.75, 3.05) is 63.1 Å². The predicted molar refractivity (Wildman–Crippen MR) is 166 cm³/mol. The molecule has 10 nitrogen and oxygen atoms in total. The summed E-state index contributed by atoms with van der Waals surface area (Å²) in [5, 5.41) is 3.93. The number of carbonyl (C=O) groups is 1. The Hall–Kier alpha value is -2.67. The van der Waals surface area contributed by atoms with E-state index >= 15 is 0 Å². The lowest BCUT2D eigenvalue weighted by Crippen LogP contribution is -2.48. The normalized spacial score (nSPS) is 20.9. The number of nitrogens with one attached hydrogen (secondary N) is 2. The number of piperazine rings is 1. The van der Waals surface area contributed by atoms with Gasteiger partial charge in [0.25, 0.3) is 0 Å². The van der Waals surface area contributed by atoms with Crippen LogP contribution in [0.4, 0.5) is 10.5 Å². The maximum atomic E-state index is 11.7. The van der Waals surface area contributed by atoms with E-state index in [1.807, 2.05) is 35.9 Å². The second-order valence-corrected chi connectivity index (χ2v) is 12.0. The fraction of sp³-hybridized carbons (Fsp3) is 0.448. The topological polar surface area (TPSA) is 93.1 Å². The molecule has 2 saturated heterocycles. The summed E-state index contributed by atoms with van der Waals surface area (Å²) in [5.74, 6) is 0.531. The van der Waals surface area contributed by atoms with Crippen molar-refractivity contribution in [3.8, 4) is 5.75 Å². The number of hydrogen-bond acceptors (Lipinski definition) is 8. The van der Waals surface area contributed by atoms with Crippen LogP contribution < -0.4 is 19.7 Å². The smallest absolute Gasteiger partial charge is 0.324 e. The summed E-state index contributed by atoms with van der Waals surface area (Å²) >= 11 is 14.1. The average molecular weight is 636 g/mol. The molecule has 2 atom stereocenters. The van der Waals surface area contributed by atoms with E-state index < -0.39 is 5.79 Å². The SMILES string of the molecule is CCSNC(=O)NCCN1CCN(c2ccc(OCC3COC(Cn4ccnc4)(c4ccc(Cl)cc4Cl)O3)cc2)CC1. The zero-order chi connectivity index (χ0) is 29.4. The molecule has 2 aliphatic heterocycles. The van der Waals surface area contributed by atoms with Crippen LogP contribution in [0.5, 0.6) is 5.75 Å². The minimum atomic E-state index is -1.08. The minimum Gasteiger partial charge on any atom is -0.491 e. The van der Waals surface area contributed by atoms with Crippen molar-refractivity contribution in [2.45, 2.75) is 25.4 Å². The van der Waals surface area contributed by atoms with Gasteiger partial charge in [-0.05, 0) is 48.3 Å². The number of anilines is 1. The molecule has 226 valence electrons. The fourth-order valence-electron chi connectivity index (χ4n) is 5.05. The number of carbonyl (C=O) groups excluding carboxylic acids is 1. The fourth-order valence-corrected chi connectivity index (χ4v) is 5.95. The first-order valence-corrected chi connectivity index (χ1v) is 15.8. The van der Waals surface area contributed by atoms with Crippen LogP contribution in [-0.2, 0) is 21.8 Å². The Balaban J connectivity index is 1.10. The summed E-state index contributed by atoms with van der Waals surface area (Å²) in [4.78, 5) is 20.6. The summed E-state index contributed by atoms with van der Waals surface area (Å²) in [7, 11) is 0. The van der Waals surface area contributed by atoms with Crippen molar-refractivity contribution in [3.63, 3.8) is 0 Å². The molecule has 2 unspecified atom stereocenters. The van der Waals surface area contributed by atoms with Crippen LogP contribution in [0, 0.1) is 0 Å². The number of benzene rings is 2. The van der Waals surface area contributed by atoms with Crippen LogP contribution in [0.2, 0.25) is 10.0 Å². The van der Waals surface area contributed by atoms with Gasteiger partial charge in [-0.3, -0.25) is 9.62 Å². The third-order valence-corrected chi connectivity index (χ3v) is 8.35. The zero-order valence-corrected chi connectivity index (χ0v) is 25.8. The lowest BCUT2D eigenvalue weighted by Gasteiger charge is -2.36. The molecule has 2 aromatic carbocycles. The van der Waals surface area contributed by atoms with Crippen LogP contribution in [0.3, 0.4) is 0 Å². The maximum absolute atomic E-state index is 11.7. The molecule has 2 amide bonds. The van der Waals surface area contributed by atoms with Gasteiger partial charge >= 0.3 is 6.03 Å². The Bertz CT molecular complexity index is 1290. The number of urea groups is 1. The molecule has 1 aromatic heterocycles. The van der Waals surface area contributed by atoms with E-state index in [-0.39, 0.29) is 12.1 Å². The van der Waals surface area contributed by atoms with E-state index in [9.17, 15) is 4.79 Å². The lowest BCUT2D eigenvalue weighted by atomic mass is 10.1. The average Bonchev–Trinajstić information content (AvgIpc) is 3.66. The van der Waals surface area contributed by atoms with Gasteiger partial charge in [0.2, 0.25) is 5.79 Å². The highest BCUT2D eigenvalue weighted by atomic mass is 35.5. The third kappa shape index (κ3) is 8.03. The van der Waals surface area contributed by atoms with E-state index in [1.54, 1.807) is 24.7 Å². The number of ether oxygens (including phenoxy) is 3. The summed E-state index contributed by atoms with van der Waals surface area (Å²) in [6, 6.07) is 13.3. The molecule has 0 spiro atoms. The van der Waals surface area contributed by atoms with Crippen molar-refractivity contribution < 1.29 is 19.0 Å². The van der Waals surface area contributed by atoms with Crippen LogP contribution in [0.25, 0.3) is 0 Å². The molecule has 0 saturated carbocycles. The van der Waals surface area contributed by atoms with Crippen LogP contribution in [0.15, 0.2) is 61.2 Å². The number of imidazole rings is 1. The molecule has 3 heterocycles. The number of aromatic nitrogens is 2. The summed E-state index contributed by atoms with van der Waals surface area (Å²) in [6.45, 7) is 8.30. The van der Waals surface area contributed by atoms with Gasteiger partial charge < -0.3 is 29.0 Å². The second kappa shape index (κ2) is 14.7. The Morgan fingerprint density at radius 2 is 1.98 bits per heavy atom. The molecule has 0 radical (unpaired) electrons. The third-order valence-electron chi connectivity index (χ3n) is 7.18. The summed E-state index contributed by atoms with van der Waals surface area (Å²) < 4.78 is 23.5. The van der Waals surface area contributed by atoms with E-state index in [4.69, 9.17) is 37.4 Å². The standard InChI is InChI=1S/C29H36Cl2N6O4S/c1-2-42-34-28(38)33-10-12-35-13-15-37(16-14-35)23-4-6-24(7-5-23)39-18-25-19-40-29(41-25,20-36-11-9-32-21-36)26-8-3-22(30)17-27(26)31/h3-9,11,17,21,25H,2,10,12-16,18-20H2,1H3,(H2,33,34,38). The first-order valence-electron chi connectivity index (χ1n) is 14.0. The first-order chi connectivity index (χ1) is 20.4. The molecule has 5 rings (SSSR count). The summed E-state index contributed by atoms with van der Waals surface area (Å²) in [6.07, 6.45) is 4.99.